The molecule has 1 heterocycles. The first kappa shape index (κ1) is 24.7. The van der Waals surface area contributed by atoms with Gasteiger partial charge in [-0.1, -0.05) is 49.4 Å². The second-order valence-corrected chi connectivity index (χ2v) is 8.94. The van der Waals surface area contributed by atoms with E-state index in [9.17, 15) is 9.18 Å². The number of nitrogens with one attached hydrogen (secondary N) is 1. The van der Waals surface area contributed by atoms with Crippen LogP contribution < -0.4 is 14.8 Å². The topological polar surface area (TPSA) is 50.8 Å². The third-order valence-corrected chi connectivity index (χ3v) is 6.70. The van der Waals surface area contributed by atoms with Gasteiger partial charge in [0.05, 0.1) is 26.7 Å². The Balaban J connectivity index is 1.66. The number of amides is 1. The molecule has 3 aromatic carbocycles. The molecule has 5 nitrogen and oxygen atoms in total. The summed E-state index contributed by atoms with van der Waals surface area (Å²) in [4.78, 5) is 15.4. The van der Waals surface area contributed by atoms with E-state index < -0.39 is 0 Å². The fraction of sp³-hybridized carbons (Fsp3) is 0.345. The van der Waals surface area contributed by atoms with Crippen molar-refractivity contribution in [2.45, 2.75) is 44.8 Å². The number of halogens is 1. The normalized spacial score (nSPS) is 16.3. The maximum absolute atomic E-state index is 13.5. The highest BCUT2D eigenvalue weighted by molar-refractivity contribution is 5.79. The number of hydrogen-bond donors (Lipinski definition) is 1. The minimum atomic E-state index is -0.245. The van der Waals surface area contributed by atoms with Gasteiger partial charge >= 0.3 is 0 Å². The van der Waals surface area contributed by atoms with Crippen molar-refractivity contribution >= 4 is 5.91 Å². The quantitative estimate of drug-likeness (QED) is 0.468. The minimum Gasteiger partial charge on any atom is -0.493 e. The summed E-state index contributed by atoms with van der Waals surface area (Å²) < 4.78 is 24.7. The van der Waals surface area contributed by atoms with Crippen molar-refractivity contribution in [1.29, 1.82) is 0 Å². The van der Waals surface area contributed by atoms with E-state index in [4.69, 9.17) is 9.47 Å². The summed E-state index contributed by atoms with van der Waals surface area (Å²) >= 11 is 0. The highest BCUT2D eigenvalue weighted by Crippen LogP contribution is 2.40. The van der Waals surface area contributed by atoms with Crippen LogP contribution in [-0.2, 0) is 24.2 Å². The van der Waals surface area contributed by atoms with Gasteiger partial charge in [0.15, 0.2) is 11.5 Å². The number of hydrogen-bond acceptors (Lipinski definition) is 4. The molecule has 0 aliphatic carbocycles. The van der Waals surface area contributed by atoms with Crippen LogP contribution in [0.25, 0.3) is 0 Å². The SMILES string of the molecule is CCC(NC(=O)Cc1ccccc1)C1c2cc(OC)c(OC)cc2CCN1Cc1ccc(F)cc1. The summed E-state index contributed by atoms with van der Waals surface area (Å²) in [7, 11) is 3.28. The van der Waals surface area contributed by atoms with Gasteiger partial charge in [0.2, 0.25) is 5.91 Å². The molecule has 1 aliphatic heterocycles. The van der Waals surface area contributed by atoms with E-state index in [1.54, 1.807) is 14.2 Å². The van der Waals surface area contributed by atoms with Crippen LogP contribution in [0.5, 0.6) is 11.5 Å². The molecule has 0 aromatic heterocycles. The summed E-state index contributed by atoms with van der Waals surface area (Å²) in [6.45, 7) is 3.57. The summed E-state index contributed by atoms with van der Waals surface area (Å²) in [5.41, 5.74) is 4.34. The molecule has 1 N–H and O–H groups in total. The maximum Gasteiger partial charge on any atom is 0.224 e. The van der Waals surface area contributed by atoms with Gasteiger partial charge in [-0.05, 0) is 59.4 Å². The van der Waals surface area contributed by atoms with Crippen molar-refractivity contribution in [3.8, 4) is 11.5 Å². The van der Waals surface area contributed by atoms with E-state index in [2.05, 4.69) is 23.2 Å². The average Bonchev–Trinajstić information content (AvgIpc) is 2.88. The lowest BCUT2D eigenvalue weighted by Gasteiger charge is -2.42. The summed E-state index contributed by atoms with van der Waals surface area (Å²) in [6.07, 6.45) is 1.95. The first-order chi connectivity index (χ1) is 17.0. The molecule has 35 heavy (non-hydrogen) atoms. The molecule has 1 aliphatic rings. The number of rotatable bonds is 9. The maximum atomic E-state index is 13.5. The van der Waals surface area contributed by atoms with E-state index in [1.165, 1.54) is 17.7 Å². The van der Waals surface area contributed by atoms with Crippen LogP contribution in [0.15, 0.2) is 66.7 Å². The molecule has 1 amide bonds. The predicted molar refractivity (Wildman–Crippen MR) is 135 cm³/mol. The molecule has 2 atom stereocenters. The molecule has 6 heteroatoms. The van der Waals surface area contributed by atoms with E-state index in [1.807, 2.05) is 48.5 Å². The Labute approximate surface area is 206 Å². The minimum absolute atomic E-state index is 0.00242. The number of nitrogens with zero attached hydrogens (tertiary/aromatic N) is 1. The van der Waals surface area contributed by atoms with Crippen LogP contribution in [0.4, 0.5) is 4.39 Å². The van der Waals surface area contributed by atoms with Crippen LogP contribution in [0, 0.1) is 5.82 Å². The van der Waals surface area contributed by atoms with Crippen molar-refractivity contribution in [1.82, 2.24) is 10.2 Å². The van der Waals surface area contributed by atoms with Crippen LogP contribution in [0.3, 0.4) is 0 Å². The van der Waals surface area contributed by atoms with Gasteiger partial charge in [0, 0.05) is 19.1 Å². The molecule has 4 rings (SSSR count). The Morgan fingerprint density at radius 3 is 2.37 bits per heavy atom. The fourth-order valence-electron chi connectivity index (χ4n) is 4.94. The lowest BCUT2D eigenvalue weighted by atomic mass is 9.86. The number of fused-ring (bicyclic) bond motifs is 1. The highest BCUT2D eigenvalue weighted by Gasteiger charge is 2.35. The number of carbonyl (C=O) groups is 1. The number of ether oxygens (including phenoxy) is 2. The average molecular weight is 477 g/mol. The van der Waals surface area contributed by atoms with Gasteiger partial charge in [-0.3, -0.25) is 9.69 Å². The predicted octanol–water partition coefficient (Wildman–Crippen LogP) is 5.08. The zero-order valence-corrected chi connectivity index (χ0v) is 20.6. The van der Waals surface area contributed by atoms with E-state index in [-0.39, 0.29) is 23.8 Å². The van der Waals surface area contributed by atoms with Gasteiger partial charge in [-0.15, -0.1) is 0 Å². The molecule has 0 fully saturated rings. The fourth-order valence-corrected chi connectivity index (χ4v) is 4.94. The molecule has 0 bridgehead atoms. The number of carbonyl (C=O) groups excluding carboxylic acids is 1. The van der Waals surface area contributed by atoms with Crippen molar-refractivity contribution < 1.29 is 18.7 Å². The van der Waals surface area contributed by atoms with Crippen molar-refractivity contribution in [3.05, 3.63) is 94.8 Å². The zero-order chi connectivity index (χ0) is 24.8. The molecule has 0 saturated carbocycles. The second-order valence-electron chi connectivity index (χ2n) is 8.94. The van der Waals surface area contributed by atoms with E-state index in [0.29, 0.717) is 24.5 Å². The lowest BCUT2D eigenvalue weighted by molar-refractivity contribution is -0.121. The number of benzene rings is 3. The largest absolute Gasteiger partial charge is 0.493 e. The van der Waals surface area contributed by atoms with Gasteiger partial charge in [-0.2, -0.15) is 0 Å². The van der Waals surface area contributed by atoms with Gasteiger partial charge in [0.25, 0.3) is 0 Å². The van der Waals surface area contributed by atoms with Crippen LogP contribution in [-0.4, -0.2) is 37.6 Å². The van der Waals surface area contributed by atoms with Crippen molar-refractivity contribution in [2.75, 3.05) is 20.8 Å². The second kappa shape index (κ2) is 11.4. The van der Waals surface area contributed by atoms with Crippen LogP contribution in [0.1, 0.15) is 41.6 Å². The van der Waals surface area contributed by atoms with Gasteiger partial charge in [0.1, 0.15) is 5.82 Å². The monoisotopic (exact) mass is 476 g/mol. The van der Waals surface area contributed by atoms with Gasteiger partial charge in [-0.25, -0.2) is 4.39 Å². The Morgan fingerprint density at radius 2 is 1.71 bits per heavy atom. The Morgan fingerprint density at radius 1 is 1.03 bits per heavy atom. The first-order valence-electron chi connectivity index (χ1n) is 12.1. The van der Waals surface area contributed by atoms with Crippen molar-refractivity contribution in [2.24, 2.45) is 0 Å². The van der Waals surface area contributed by atoms with E-state index in [0.717, 1.165) is 36.1 Å². The molecular weight excluding hydrogens is 443 g/mol. The molecule has 184 valence electrons. The Kier molecular flexibility index (Phi) is 8.03. The molecule has 0 spiro atoms. The third-order valence-electron chi connectivity index (χ3n) is 6.70. The molecule has 0 saturated heterocycles. The molecule has 0 radical (unpaired) electrons. The summed E-state index contributed by atoms with van der Waals surface area (Å²) in [6, 6.07) is 20.3. The number of methoxy groups -OCH3 is 2. The highest BCUT2D eigenvalue weighted by atomic mass is 19.1. The molecule has 3 aromatic rings. The Bertz CT molecular complexity index is 1130. The van der Waals surface area contributed by atoms with Crippen molar-refractivity contribution in [3.63, 3.8) is 0 Å². The lowest BCUT2D eigenvalue weighted by Crippen LogP contribution is -2.48. The smallest absolute Gasteiger partial charge is 0.224 e. The van der Waals surface area contributed by atoms with E-state index >= 15 is 0 Å². The third kappa shape index (κ3) is 5.82. The summed E-state index contributed by atoms with van der Waals surface area (Å²) in [5.74, 6) is 1.13. The van der Waals surface area contributed by atoms with Crippen LogP contribution in [0.2, 0.25) is 0 Å². The first-order valence-corrected chi connectivity index (χ1v) is 12.1. The van der Waals surface area contributed by atoms with Gasteiger partial charge < -0.3 is 14.8 Å². The summed E-state index contributed by atoms with van der Waals surface area (Å²) in [5, 5.41) is 3.30. The molecule has 2 unspecified atom stereocenters. The van der Waals surface area contributed by atoms with Crippen LogP contribution >= 0.6 is 0 Å². The zero-order valence-electron chi connectivity index (χ0n) is 20.6. The standard InChI is InChI=1S/C29H33FN2O3/c1-4-25(31-28(33)16-20-8-6-5-7-9-20)29-24-18-27(35-3)26(34-2)17-22(24)14-15-32(29)19-21-10-12-23(30)13-11-21/h5-13,17-18,25,29H,4,14-16,19H2,1-3H3,(H,31,33). The molecular formula is C29H33FN2O3. The Hall–Kier alpha value is -3.38.